The smallest absolute Gasteiger partial charge is 0.331 e. The van der Waals surface area contributed by atoms with Gasteiger partial charge in [0.2, 0.25) is 0 Å². The summed E-state index contributed by atoms with van der Waals surface area (Å²) in [6.07, 6.45) is 11.8. The van der Waals surface area contributed by atoms with E-state index in [-0.39, 0.29) is 5.75 Å². The summed E-state index contributed by atoms with van der Waals surface area (Å²) < 4.78 is 0. The minimum Gasteiger partial charge on any atom is -0.507 e. The van der Waals surface area contributed by atoms with Crippen LogP contribution < -0.4 is 0 Å². The zero-order valence-electron chi connectivity index (χ0n) is 13.1. The highest BCUT2D eigenvalue weighted by Gasteiger charge is 2.08. The second-order valence-electron chi connectivity index (χ2n) is 5.48. The van der Waals surface area contributed by atoms with Gasteiger partial charge in [0.1, 0.15) is 5.75 Å². The number of carbonyl (C=O) groups is 1. The van der Waals surface area contributed by atoms with Crippen LogP contribution in [0.15, 0.2) is 42.5 Å². The van der Waals surface area contributed by atoms with Gasteiger partial charge < -0.3 is 10.2 Å². The first-order valence-corrected chi connectivity index (χ1v) is 7.98. The van der Waals surface area contributed by atoms with E-state index in [1.54, 1.807) is 30.3 Å². The number of unbranched alkanes of at least 4 members (excludes halogenated alkanes) is 6. The van der Waals surface area contributed by atoms with Gasteiger partial charge in [-0.2, -0.15) is 0 Å². The first kappa shape index (κ1) is 18.0. The molecule has 1 rings (SSSR count). The first-order chi connectivity index (χ1) is 10.6. The lowest BCUT2D eigenvalue weighted by atomic mass is 10.0. The molecule has 0 atom stereocenters. The van der Waals surface area contributed by atoms with Crippen LogP contribution in [0.2, 0.25) is 0 Å². The Morgan fingerprint density at radius 3 is 2.32 bits per heavy atom. The van der Waals surface area contributed by atoms with Crippen molar-refractivity contribution in [2.75, 3.05) is 0 Å². The minimum absolute atomic E-state index is 0.114. The number of aliphatic carboxylic acids is 1. The Kier molecular flexibility index (Phi) is 8.73. The van der Waals surface area contributed by atoms with E-state index in [0.717, 1.165) is 25.7 Å². The van der Waals surface area contributed by atoms with E-state index in [4.69, 9.17) is 0 Å². The molecule has 0 heterocycles. The summed E-state index contributed by atoms with van der Waals surface area (Å²) in [5, 5.41) is 19.0. The van der Waals surface area contributed by atoms with Crippen molar-refractivity contribution in [2.24, 2.45) is 0 Å². The Hall–Kier alpha value is -2.03. The highest BCUT2D eigenvalue weighted by Crippen LogP contribution is 2.21. The molecule has 0 unspecified atom stereocenters. The van der Waals surface area contributed by atoms with Crippen molar-refractivity contribution in [3.63, 3.8) is 0 Å². The second-order valence-corrected chi connectivity index (χ2v) is 5.48. The van der Waals surface area contributed by atoms with Gasteiger partial charge in [0.15, 0.2) is 0 Å². The van der Waals surface area contributed by atoms with Gasteiger partial charge in [0, 0.05) is 11.1 Å². The summed E-state index contributed by atoms with van der Waals surface area (Å²) in [7, 11) is 0. The fourth-order valence-corrected chi connectivity index (χ4v) is 2.35. The average Bonchev–Trinajstić information content (AvgIpc) is 2.50. The molecule has 0 fully saturated rings. The molecule has 0 saturated heterocycles. The normalized spacial score (nSPS) is 11.4. The zero-order valence-corrected chi connectivity index (χ0v) is 13.1. The monoisotopic (exact) mass is 302 g/mol. The van der Waals surface area contributed by atoms with Gasteiger partial charge in [-0.1, -0.05) is 50.0 Å². The number of hydrogen-bond acceptors (Lipinski definition) is 2. The zero-order chi connectivity index (χ0) is 16.2. The molecule has 0 saturated carbocycles. The Morgan fingerprint density at radius 1 is 1.05 bits per heavy atom. The molecule has 0 aliphatic carbocycles. The van der Waals surface area contributed by atoms with Gasteiger partial charge in [-0.15, -0.1) is 6.58 Å². The van der Waals surface area contributed by atoms with Gasteiger partial charge in [-0.25, -0.2) is 4.79 Å². The summed E-state index contributed by atoms with van der Waals surface area (Å²) in [6.45, 7) is 3.70. The topological polar surface area (TPSA) is 57.5 Å². The molecule has 0 spiro atoms. The quantitative estimate of drug-likeness (QED) is 0.337. The van der Waals surface area contributed by atoms with E-state index in [1.165, 1.54) is 19.3 Å². The van der Waals surface area contributed by atoms with Crippen molar-refractivity contribution in [1.29, 1.82) is 0 Å². The number of benzene rings is 1. The number of carboxylic acids is 1. The minimum atomic E-state index is -0.908. The second kappa shape index (κ2) is 10.7. The maximum Gasteiger partial charge on any atom is 0.331 e. The van der Waals surface area contributed by atoms with Crippen LogP contribution in [0.1, 0.15) is 56.9 Å². The fraction of sp³-hybridized carbons (Fsp3) is 0.421. The lowest BCUT2D eigenvalue weighted by Gasteiger charge is -2.05. The third-order valence-electron chi connectivity index (χ3n) is 3.65. The molecule has 120 valence electrons. The molecule has 1 aromatic carbocycles. The summed E-state index contributed by atoms with van der Waals surface area (Å²) >= 11 is 0. The molecule has 0 aliphatic heterocycles. The highest BCUT2D eigenvalue weighted by molar-refractivity contribution is 5.92. The molecule has 3 heteroatoms. The van der Waals surface area contributed by atoms with Gasteiger partial charge in [-0.05, 0) is 37.8 Å². The largest absolute Gasteiger partial charge is 0.507 e. The summed E-state index contributed by atoms with van der Waals surface area (Å²) in [5.74, 6) is -0.794. The van der Waals surface area contributed by atoms with E-state index < -0.39 is 5.97 Å². The molecule has 2 N–H and O–H groups in total. The number of carboxylic acid groups (broad SMARTS) is 1. The maximum absolute atomic E-state index is 11.3. The number of phenolic OH excluding ortho intramolecular Hbond substituents is 1. The molecule has 1 aromatic rings. The molecule has 0 amide bonds. The number of hydrogen-bond donors (Lipinski definition) is 2. The molecule has 3 nitrogen and oxygen atoms in total. The van der Waals surface area contributed by atoms with E-state index in [0.29, 0.717) is 17.6 Å². The van der Waals surface area contributed by atoms with Crippen molar-refractivity contribution in [1.82, 2.24) is 0 Å². The van der Waals surface area contributed by atoms with Crippen LogP contribution in [0.3, 0.4) is 0 Å². The van der Waals surface area contributed by atoms with Crippen LogP contribution in [0.4, 0.5) is 0 Å². The van der Waals surface area contributed by atoms with Crippen LogP contribution in [0, 0.1) is 0 Å². The van der Waals surface area contributed by atoms with Gasteiger partial charge in [0.25, 0.3) is 0 Å². The van der Waals surface area contributed by atoms with E-state index >= 15 is 0 Å². The number of allylic oxidation sites excluding steroid dienone is 1. The number of phenols is 1. The van der Waals surface area contributed by atoms with E-state index in [2.05, 4.69) is 6.58 Å². The number of para-hydroxylation sites is 1. The standard InChI is InChI=1S/C19H26O3/c1-2-3-4-5-6-7-8-9-13-17(19(21)22)15-16-12-10-11-14-18(16)20/h2,10-12,14-15,20H,1,3-9,13H2,(H,21,22)/b17-15+. The van der Waals surface area contributed by atoms with Gasteiger partial charge in [-0.3, -0.25) is 0 Å². The van der Waals surface area contributed by atoms with Crippen molar-refractivity contribution in [2.45, 2.75) is 51.4 Å². The third-order valence-corrected chi connectivity index (χ3v) is 3.65. The van der Waals surface area contributed by atoms with Gasteiger partial charge in [0.05, 0.1) is 0 Å². The predicted octanol–water partition coefficient (Wildman–Crippen LogP) is 5.17. The summed E-state index contributed by atoms with van der Waals surface area (Å²) in [5.41, 5.74) is 0.914. The lowest BCUT2D eigenvalue weighted by Crippen LogP contribution is -2.00. The summed E-state index contributed by atoms with van der Waals surface area (Å²) in [4.78, 5) is 11.3. The Bertz CT molecular complexity index is 503. The molecule has 0 bridgehead atoms. The SMILES string of the molecule is C=CCCCCCCCC/C(=C\c1ccccc1O)C(=O)O. The molecular weight excluding hydrogens is 276 g/mol. The van der Waals surface area contributed by atoms with Crippen LogP contribution in [-0.2, 0) is 4.79 Å². The van der Waals surface area contributed by atoms with Gasteiger partial charge >= 0.3 is 5.97 Å². The first-order valence-electron chi connectivity index (χ1n) is 7.98. The van der Waals surface area contributed by atoms with E-state index in [9.17, 15) is 15.0 Å². The van der Waals surface area contributed by atoms with Crippen molar-refractivity contribution in [3.8, 4) is 5.75 Å². The maximum atomic E-state index is 11.3. The predicted molar refractivity (Wildman–Crippen MR) is 90.9 cm³/mol. The Balaban J connectivity index is 2.38. The van der Waals surface area contributed by atoms with Crippen molar-refractivity contribution < 1.29 is 15.0 Å². The average molecular weight is 302 g/mol. The van der Waals surface area contributed by atoms with Crippen LogP contribution in [0.5, 0.6) is 5.75 Å². The number of aromatic hydroxyl groups is 1. The number of rotatable bonds is 11. The molecule has 0 aromatic heterocycles. The lowest BCUT2D eigenvalue weighted by molar-refractivity contribution is -0.132. The van der Waals surface area contributed by atoms with Crippen molar-refractivity contribution in [3.05, 3.63) is 48.1 Å². The van der Waals surface area contributed by atoms with E-state index in [1.807, 2.05) is 6.08 Å². The van der Waals surface area contributed by atoms with Crippen LogP contribution in [-0.4, -0.2) is 16.2 Å². The Labute approximate surface area is 133 Å². The molecular formula is C19H26O3. The molecule has 0 radical (unpaired) electrons. The molecule has 22 heavy (non-hydrogen) atoms. The third kappa shape index (κ3) is 7.11. The fourth-order valence-electron chi connectivity index (χ4n) is 2.35. The van der Waals surface area contributed by atoms with Crippen molar-refractivity contribution >= 4 is 12.0 Å². The van der Waals surface area contributed by atoms with Crippen LogP contribution >= 0.6 is 0 Å². The molecule has 0 aliphatic rings. The Morgan fingerprint density at radius 2 is 1.68 bits per heavy atom. The highest BCUT2D eigenvalue weighted by atomic mass is 16.4. The summed E-state index contributed by atoms with van der Waals surface area (Å²) in [6, 6.07) is 6.79. The van der Waals surface area contributed by atoms with Crippen LogP contribution in [0.25, 0.3) is 6.08 Å².